The summed E-state index contributed by atoms with van der Waals surface area (Å²) in [7, 11) is 0. The van der Waals surface area contributed by atoms with Crippen molar-refractivity contribution >= 4 is 11.6 Å². The standard InChI is InChI=1S/C11H14ClNO4/c12-9-1-7(3-13-4-8(15)5-14)2-10-11(9)17-6-16-10/h1-2,8,13-15H,3-6H2. The SMILES string of the molecule is OCC(O)CNCc1cc(Cl)c2c(c1)OCO2. The second-order valence-electron chi connectivity index (χ2n) is 3.78. The third kappa shape index (κ3) is 3.01. The summed E-state index contributed by atoms with van der Waals surface area (Å²) in [6.07, 6.45) is -0.750. The molecule has 17 heavy (non-hydrogen) atoms. The fourth-order valence-corrected chi connectivity index (χ4v) is 1.86. The molecule has 0 radical (unpaired) electrons. The Morgan fingerprint density at radius 3 is 3.00 bits per heavy atom. The van der Waals surface area contributed by atoms with Gasteiger partial charge in [-0.15, -0.1) is 0 Å². The maximum absolute atomic E-state index is 9.16. The van der Waals surface area contributed by atoms with Crippen LogP contribution < -0.4 is 14.8 Å². The molecule has 2 rings (SSSR count). The lowest BCUT2D eigenvalue weighted by Gasteiger charge is -2.09. The molecular weight excluding hydrogens is 246 g/mol. The summed E-state index contributed by atoms with van der Waals surface area (Å²) in [6, 6.07) is 3.62. The summed E-state index contributed by atoms with van der Waals surface area (Å²) >= 11 is 6.02. The van der Waals surface area contributed by atoms with Crippen LogP contribution in [0.2, 0.25) is 5.02 Å². The molecule has 1 aromatic carbocycles. The molecule has 0 aromatic heterocycles. The highest BCUT2D eigenvalue weighted by Gasteiger charge is 2.18. The highest BCUT2D eigenvalue weighted by molar-refractivity contribution is 6.32. The molecule has 1 aliphatic heterocycles. The molecule has 1 heterocycles. The van der Waals surface area contributed by atoms with Gasteiger partial charge in [-0.05, 0) is 17.7 Å². The number of benzene rings is 1. The van der Waals surface area contributed by atoms with Gasteiger partial charge in [0.1, 0.15) is 0 Å². The molecule has 94 valence electrons. The fraction of sp³-hybridized carbons (Fsp3) is 0.455. The van der Waals surface area contributed by atoms with E-state index in [0.29, 0.717) is 29.6 Å². The van der Waals surface area contributed by atoms with E-state index in [0.717, 1.165) is 5.56 Å². The highest BCUT2D eigenvalue weighted by atomic mass is 35.5. The number of aliphatic hydroxyl groups excluding tert-OH is 2. The van der Waals surface area contributed by atoms with Crippen molar-refractivity contribution in [2.45, 2.75) is 12.6 Å². The number of halogens is 1. The first kappa shape index (κ1) is 12.4. The predicted octanol–water partition coefficient (Wildman–Crippen LogP) is 0.511. The quantitative estimate of drug-likeness (QED) is 0.719. The summed E-state index contributed by atoms with van der Waals surface area (Å²) in [5, 5.41) is 21.3. The van der Waals surface area contributed by atoms with E-state index < -0.39 is 6.10 Å². The van der Waals surface area contributed by atoms with E-state index in [9.17, 15) is 0 Å². The summed E-state index contributed by atoms with van der Waals surface area (Å²) in [5.41, 5.74) is 0.935. The Kier molecular flexibility index (Phi) is 4.06. The number of hydrogen-bond acceptors (Lipinski definition) is 5. The van der Waals surface area contributed by atoms with Crippen molar-refractivity contribution in [1.82, 2.24) is 5.32 Å². The van der Waals surface area contributed by atoms with Crippen LogP contribution in [0.4, 0.5) is 0 Å². The van der Waals surface area contributed by atoms with Gasteiger partial charge in [0.05, 0.1) is 17.7 Å². The maximum atomic E-state index is 9.16. The minimum Gasteiger partial charge on any atom is -0.454 e. The van der Waals surface area contributed by atoms with Crippen LogP contribution in [0.15, 0.2) is 12.1 Å². The third-order valence-electron chi connectivity index (χ3n) is 2.41. The molecule has 0 fully saturated rings. The Bertz CT molecular complexity index is 399. The lowest BCUT2D eigenvalue weighted by atomic mass is 10.2. The fourth-order valence-electron chi connectivity index (χ4n) is 1.57. The molecule has 1 unspecified atom stereocenters. The van der Waals surface area contributed by atoms with E-state index >= 15 is 0 Å². The minimum atomic E-state index is -0.750. The second kappa shape index (κ2) is 5.55. The zero-order valence-electron chi connectivity index (χ0n) is 9.15. The minimum absolute atomic E-state index is 0.190. The van der Waals surface area contributed by atoms with Gasteiger partial charge >= 0.3 is 0 Å². The topological polar surface area (TPSA) is 71.0 Å². The van der Waals surface area contributed by atoms with E-state index in [2.05, 4.69) is 5.32 Å². The first-order valence-electron chi connectivity index (χ1n) is 5.28. The number of rotatable bonds is 5. The van der Waals surface area contributed by atoms with Gasteiger partial charge in [-0.25, -0.2) is 0 Å². The zero-order chi connectivity index (χ0) is 12.3. The van der Waals surface area contributed by atoms with Crippen LogP contribution in [0, 0.1) is 0 Å². The van der Waals surface area contributed by atoms with Crippen molar-refractivity contribution in [3.63, 3.8) is 0 Å². The van der Waals surface area contributed by atoms with E-state index in [1.807, 2.05) is 6.07 Å². The smallest absolute Gasteiger partial charge is 0.231 e. The summed E-state index contributed by atoms with van der Waals surface area (Å²) in [6.45, 7) is 0.792. The molecule has 0 amide bonds. The Hall–Kier alpha value is -1.01. The first-order chi connectivity index (χ1) is 8.20. The summed E-state index contributed by atoms with van der Waals surface area (Å²) in [4.78, 5) is 0. The largest absolute Gasteiger partial charge is 0.454 e. The number of aliphatic hydroxyl groups is 2. The van der Waals surface area contributed by atoms with Gasteiger partial charge in [0.25, 0.3) is 0 Å². The third-order valence-corrected chi connectivity index (χ3v) is 2.69. The highest BCUT2D eigenvalue weighted by Crippen LogP contribution is 2.39. The average molecular weight is 260 g/mol. The van der Waals surface area contributed by atoms with Gasteiger partial charge in [0.2, 0.25) is 6.79 Å². The van der Waals surface area contributed by atoms with E-state index in [1.165, 1.54) is 0 Å². The average Bonchev–Trinajstić information content (AvgIpc) is 2.77. The Balaban J connectivity index is 1.96. The van der Waals surface area contributed by atoms with E-state index in [4.69, 9.17) is 31.3 Å². The van der Waals surface area contributed by atoms with Crippen molar-refractivity contribution < 1.29 is 19.7 Å². The number of hydrogen-bond donors (Lipinski definition) is 3. The molecule has 0 saturated carbocycles. The molecule has 3 N–H and O–H groups in total. The van der Waals surface area contributed by atoms with Crippen molar-refractivity contribution in [3.05, 3.63) is 22.7 Å². The summed E-state index contributed by atoms with van der Waals surface area (Å²) in [5.74, 6) is 1.21. The number of ether oxygens (including phenoxy) is 2. The van der Waals surface area contributed by atoms with E-state index in [-0.39, 0.29) is 13.4 Å². The molecule has 0 saturated heterocycles. The predicted molar refractivity (Wildman–Crippen MR) is 62.4 cm³/mol. The molecule has 0 spiro atoms. The van der Waals surface area contributed by atoms with Crippen molar-refractivity contribution in [2.75, 3.05) is 19.9 Å². The Morgan fingerprint density at radius 2 is 2.24 bits per heavy atom. The zero-order valence-corrected chi connectivity index (χ0v) is 9.91. The van der Waals surface area contributed by atoms with Crippen molar-refractivity contribution in [3.8, 4) is 11.5 Å². The van der Waals surface area contributed by atoms with Crippen LogP contribution >= 0.6 is 11.6 Å². The van der Waals surface area contributed by atoms with Crippen LogP contribution in [0.25, 0.3) is 0 Å². The molecule has 6 heteroatoms. The van der Waals surface area contributed by atoms with Gasteiger partial charge in [-0.3, -0.25) is 0 Å². The van der Waals surface area contributed by atoms with Crippen LogP contribution in [0.1, 0.15) is 5.56 Å². The van der Waals surface area contributed by atoms with Gasteiger partial charge in [-0.2, -0.15) is 0 Å². The van der Waals surface area contributed by atoms with Gasteiger partial charge in [-0.1, -0.05) is 11.6 Å². The Morgan fingerprint density at radius 1 is 1.41 bits per heavy atom. The molecule has 1 aromatic rings. The molecular formula is C11H14ClNO4. The van der Waals surface area contributed by atoms with Gasteiger partial charge in [0.15, 0.2) is 11.5 Å². The lowest BCUT2D eigenvalue weighted by molar-refractivity contribution is 0.0942. The first-order valence-corrected chi connectivity index (χ1v) is 5.66. The van der Waals surface area contributed by atoms with Crippen LogP contribution in [0.5, 0.6) is 11.5 Å². The normalized spacial score (nSPS) is 15.0. The molecule has 5 nitrogen and oxygen atoms in total. The van der Waals surface area contributed by atoms with E-state index in [1.54, 1.807) is 6.07 Å². The second-order valence-corrected chi connectivity index (χ2v) is 4.19. The van der Waals surface area contributed by atoms with Gasteiger partial charge < -0.3 is 25.0 Å². The van der Waals surface area contributed by atoms with Crippen LogP contribution in [-0.2, 0) is 6.54 Å². The molecule has 0 bridgehead atoms. The number of nitrogens with one attached hydrogen (secondary N) is 1. The van der Waals surface area contributed by atoms with Gasteiger partial charge in [0, 0.05) is 13.1 Å². The number of fused-ring (bicyclic) bond motifs is 1. The van der Waals surface area contributed by atoms with Crippen molar-refractivity contribution in [1.29, 1.82) is 0 Å². The maximum Gasteiger partial charge on any atom is 0.231 e. The molecule has 1 aliphatic rings. The Labute approximate surface area is 104 Å². The van der Waals surface area contributed by atoms with Crippen LogP contribution in [0.3, 0.4) is 0 Å². The molecule has 1 atom stereocenters. The molecule has 0 aliphatic carbocycles. The monoisotopic (exact) mass is 259 g/mol. The lowest BCUT2D eigenvalue weighted by Crippen LogP contribution is -2.28. The summed E-state index contributed by atoms with van der Waals surface area (Å²) < 4.78 is 10.4. The van der Waals surface area contributed by atoms with Crippen molar-refractivity contribution in [2.24, 2.45) is 0 Å². The van der Waals surface area contributed by atoms with Crippen LogP contribution in [-0.4, -0.2) is 36.3 Å².